The van der Waals surface area contributed by atoms with Gasteiger partial charge in [0.2, 0.25) is 5.89 Å². The van der Waals surface area contributed by atoms with Crippen molar-refractivity contribution in [3.05, 3.63) is 47.4 Å². The van der Waals surface area contributed by atoms with Crippen LogP contribution in [0.25, 0.3) is 0 Å². The predicted octanol–water partition coefficient (Wildman–Crippen LogP) is 1.77. The molecule has 0 saturated carbocycles. The number of hydrogen-bond acceptors (Lipinski definition) is 5. The van der Waals surface area contributed by atoms with Crippen LogP contribution in [0.15, 0.2) is 28.8 Å². The van der Waals surface area contributed by atoms with E-state index in [0.29, 0.717) is 12.4 Å². The summed E-state index contributed by atoms with van der Waals surface area (Å²) >= 11 is 0. The van der Waals surface area contributed by atoms with Crippen LogP contribution in [0.4, 0.5) is 9.18 Å². The molecule has 8 heteroatoms. The number of benzene rings is 1. The molecule has 2 aromatic rings. The Bertz CT molecular complexity index is 721. The monoisotopic (exact) mass is 334 g/mol. The molecule has 0 bridgehead atoms. The molecular formula is C16H19FN4O3. The van der Waals surface area contributed by atoms with Gasteiger partial charge in [-0.2, -0.15) is 4.98 Å². The van der Waals surface area contributed by atoms with Gasteiger partial charge in [-0.05, 0) is 18.9 Å². The van der Waals surface area contributed by atoms with Crippen molar-refractivity contribution in [2.75, 3.05) is 13.2 Å². The topological polar surface area (TPSA) is 91.5 Å². The molecular weight excluding hydrogens is 315 g/mol. The third kappa shape index (κ3) is 3.23. The Morgan fingerprint density at radius 2 is 2.33 bits per heavy atom. The van der Waals surface area contributed by atoms with E-state index >= 15 is 0 Å². The number of aromatic nitrogens is 2. The summed E-state index contributed by atoms with van der Waals surface area (Å²) in [6.45, 7) is 2.07. The molecule has 2 heterocycles. The first-order valence-electron chi connectivity index (χ1n) is 7.82. The summed E-state index contributed by atoms with van der Waals surface area (Å²) in [6, 6.07) is 4.66. The van der Waals surface area contributed by atoms with E-state index in [1.54, 1.807) is 30.0 Å². The Hall–Kier alpha value is -2.48. The van der Waals surface area contributed by atoms with Gasteiger partial charge in [-0.15, -0.1) is 0 Å². The van der Waals surface area contributed by atoms with Crippen LogP contribution in [-0.4, -0.2) is 45.4 Å². The molecule has 0 radical (unpaired) electrons. The van der Waals surface area contributed by atoms with Gasteiger partial charge in [0, 0.05) is 19.0 Å². The fraction of sp³-hybridized carbons (Fsp3) is 0.438. The van der Waals surface area contributed by atoms with Gasteiger partial charge in [0.05, 0.1) is 12.6 Å². The van der Waals surface area contributed by atoms with Crippen LogP contribution in [0.3, 0.4) is 0 Å². The Morgan fingerprint density at radius 1 is 1.54 bits per heavy atom. The lowest BCUT2D eigenvalue weighted by Gasteiger charge is -2.26. The second kappa shape index (κ2) is 6.96. The summed E-state index contributed by atoms with van der Waals surface area (Å²) in [5.41, 5.74) is 0.256. The van der Waals surface area contributed by atoms with Gasteiger partial charge < -0.3 is 19.8 Å². The summed E-state index contributed by atoms with van der Waals surface area (Å²) in [4.78, 5) is 18.3. The van der Waals surface area contributed by atoms with E-state index in [-0.39, 0.29) is 30.1 Å². The first-order chi connectivity index (χ1) is 11.6. The number of likely N-dealkylation sites (tertiary alicyclic amines) is 1. The second-order valence-electron chi connectivity index (χ2n) is 5.75. The Balaban J connectivity index is 1.88. The molecule has 1 aromatic heterocycles. The molecule has 0 spiro atoms. The highest BCUT2D eigenvalue weighted by Gasteiger charge is 2.32. The van der Waals surface area contributed by atoms with Crippen molar-refractivity contribution < 1.29 is 18.8 Å². The lowest BCUT2D eigenvalue weighted by molar-refractivity contribution is 0.155. The molecule has 1 aliphatic rings. The van der Waals surface area contributed by atoms with Crippen molar-refractivity contribution in [2.45, 2.75) is 31.8 Å². The summed E-state index contributed by atoms with van der Waals surface area (Å²) < 4.78 is 19.2. The molecule has 2 amide bonds. The van der Waals surface area contributed by atoms with E-state index in [1.165, 1.54) is 6.07 Å². The normalized spacial score (nSPS) is 18.6. The average Bonchev–Trinajstić information content (AvgIpc) is 3.22. The minimum atomic E-state index is -0.865. The summed E-state index contributed by atoms with van der Waals surface area (Å²) in [7, 11) is 0. The highest BCUT2D eigenvalue weighted by atomic mass is 19.1. The third-order valence-electron chi connectivity index (χ3n) is 4.13. The maximum atomic E-state index is 14.2. The zero-order valence-corrected chi connectivity index (χ0v) is 13.3. The number of hydrogen-bond donors (Lipinski definition) is 2. The molecule has 1 aliphatic heterocycles. The largest absolute Gasteiger partial charge is 0.394 e. The van der Waals surface area contributed by atoms with E-state index < -0.39 is 11.9 Å². The van der Waals surface area contributed by atoms with Crippen molar-refractivity contribution in [2.24, 2.45) is 0 Å². The van der Waals surface area contributed by atoms with Gasteiger partial charge >= 0.3 is 6.03 Å². The number of aliphatic hydroxyl groups excluding tert-OH is 1. The Morgan fingerprint density at radius 3 is 3.00 bits per heavy atom. The van der Waals surface area contributed by atoms with Crippen molar-refractivity contribution in [3.63, 3.8) is 0 Å². The van der Waals surface area contributed by atoms with Crippen molar-refractivity contribution in [1.82, 2.24) is 20.4 Å². The van der Waals surface area contributed by atoms with E-state index in [9.17, 15) is 14.3 Å². The average molecular weight is 334 g/mol. The van der Waals surface area contributed by atoms with Gasteiger partial charge in [0.1, 0.15) is 11.9 Å². The minimum absolute atomic E-state index is 0.0981. The third-order valence-corrected chi connectivity index (χ3v) is 4.13. The quantitative estimate of drug-likeness (QED) is 0.889. The smallest absolute Gasteiger partial charge is 0.318 e. The van der Waals surface area contributed by atoms with Crippen molar-refractivity contribution >= 4 is 6.03 Å². The Kier molecular flexibility index (Phi) is 4.75. The van der Waals surface area contributed by atoms with Crippen molar-refractivity contribution in [3.8, 4) is 0 Å². The molecule has 0 aliphatic carbocycles. The number of nitrogens with zero attached hydrogens (tertiary/aromatic N) is 3. The number of nitrogens with one attached hydrogen (secondary N) is 1. The molecule has 2 N–H and O–H groups in total. The van der Waals surface area contributed by atoms with E-state index in [0.717, 1.165) is 12.8 Å². The highest BCUT2D eigenvalue weighted by Crippen LogP contribution is 2.24. The van der Waals surface area contributed by atoms with Crippen LogP contribution in [0.5, 0.6) is 0 Å². The molecule has 128 valence electrons. The molecule has 7 nitrogen and oxygen atoms in total. The van der Waals surface area contributed by atoms with Crippen LogP contribution < -0.4 is 5.32 Å². The SMILES string of the molecule is Cc1nc(C(NC(=O)N2CCC[C@H]2CO)c2ccccc2F)no1. The minimum Gasteiger partial charge on any atom is -0.394 e. The number of rotatable bonds is 4. The van der Waals surface area contributed by atoms with Gasteiger partial charge in [-0.25, -0.2) is 9.18 Å². The number of aliphatic hydroxyl groups is 1. The fourth-order valence-corrected chi connectivity index (χ4v) is 2.92. The molecule has 3 rings (SSSR count). The number of amides is 2. The van der Waals surface area contributed by atoms with Crippen LogP contribution in [0.1, 0.15) is 36.2 Å². The number of halogens is 1. The van der Waals surface area contributed by atoms with Crippen molar-refractivity contribution in [1.29, 1.82) is 0 Å². The van der Waals surface area contributed by atoms with E-state index in [1.807, 2.05) is 0 Å². The molecule has 24 heavy (non-hydrogen) atoms. The van der Waals surface area contributed by atoms with Crippen LogP contribution >= 0.6 is 0 Å². The molecule has 1 unspecified atom stereocenters. The lowest BCUT2D eigenvalue weighted by Crippen LogP contribution is -2.45. The van der Waals surface area contributed by atoms with Gasteiger partial charge in [-0.3, -0.25) is 0 Å². The number of carbonyl (C=O) groups is 1. The van der Waals surface area contributed by atoms with E-state index in [2.05, 4.69) is 15.5 Å². The molecule has 1 aromatic carbocycles. The number of urea groups is 1. The zero-order chi connectivity index (χ0) is 17.1. The summed E-state index contributed by atoms with van der Waals surface area (Å²) in [6.07, 6.45) is 1.57. The van der Waals surface area contributed by atoms with Crippen LogP contribution in [-0.2, 0) is 0 Å². The Labute approximate surface area is 138 Å². The first-order valence-corrected chi connectivity index (χ1v) is 7.82. The fourth-order valence-electron chi connectivity index (χ4n) is 2.92. The van der Waals surface area contributed by atoms with Gasteiger partial charge in [-0.1, -0.05) is 23.4 Å². The van der Waals surface area contributed by atoms with E-state index in [4.69, 9.17) is 4.52 Å². The maximum Gasteiger partial charge on any atom is 0.318 e. The standard InChI is InChI=1S/C16H19FN4O3/c1-10-18-15(20-24-10)14(12-6-2-3-7-13(12)17)19-16(23)21-8-4-5-11(21)9-22/h2-3,6-7,11,14,22H,4-5,8-9H2,1H3,(H,19,23)/t11-,14?/m0/s1. The maximum absolute atomic E-state index is 14.2. The summed E-state index contributed by atoms with van der Waals surface area (Å²) in [5, 5.41) is 16.0. The second-order valence-corrected chi connectivity index (χ2v) is 5.75. The number of carbonyl (C=O) groups excluding carboxylic acids is 1. The number of aryl methyl sites for hydroxylation is 1. The first kappa shape index (κ1) is 16.4. The highest BCUT2D eigenvalue weighted by molar-refractivity contribution is 5.75. The summed E-state index contributed by atoms with van der Waals surface area (Å²) in [5.74, 6) is 0.0473. The van der Waals surface area contributed by atoms with Gasteiger partial charge in [0.15, 0.2) is 5.82 Å². The predicted molar refractivity (Wildman–Crippen MR) is 82.6 cm³/mol. The molecule has 2 atom stereocenters. The molecule has 1 fully saturated rings. The van der Waals surface area contributed by atoms with Gasteiger partial charge in [0.25, 0.3) is 0 Å². The van der Waals surface area contributed by atoms with Crippen LogP contribution in [0, 0.1) is 12.7 Å². The lowest BCUT2D eigenvalue weighted by atomic mass is 10.1. The zero-order valence-electron chi connectivity index (χ0n) is 13.3. The molecule has 1 saturated heterocycles. The van der Waals surface area contributed by atoms with Crippen LogP contribution in [0.2, 0.25) is 0 Å².